The third-order valence-electron chi connectivity index (χ3n) is 6.63. The van der Waals surface area contributed by atoms with Gasteiger partial charge in [0, 0.05) is 12.1 Å². The lowest BCUT2D eigenvalue weighted by Crippen LogP contribution is -2.31. The predicted octanol–water partition coefficient (Wildman–Crippen LogP) is 5.16. The summed E-state index contributed by atoms with van der Waals surface area (Å²) in [5, 5.41) is 4.74. The number of ether oxygens (including phenoxy) is 2. The van der Waals surface area contributed by atoms with Gasteiger partial charge in [-0.1, -0.05) is 11.2 Å². The number of rotatable bonds is 3. The van der Waals surface area contributed by atoms with E-state index in [2.05, 4.69) is 10.1 Å². The summed E-state index contributed by atoms with van der Waals surface area (Å²) in [6.45, 7) is 7.36. The zero-order valence-corrected chi connectivity index (χ0v) is 19.4. The van der Waals surface area contributed by atoms with E-state index in [1.54, 1.807) is 0 Å². The Labute approximate surface area is 196 Å². The van der Waals surface area contributed by atoms with E-state index in [0.29, 0.717) is 47.8 Å². The summed E-state index contributed by atoms with van der Waals surface area (Å²) in [4.78, 5) is 20.6. The molecule has 1 unspecified atom stereocenters. The molecule has 1 amide bonds. The number of hydrogen-bond acceptors (Lipinski definition) is 7. The summed E-state index contributed by atoms with van der Waals surface area (Å²) in [7, 11) is 0. The molecule has 8 heteroatoms. The number of furan rings is 1. The predicted molar refractivity (Wildman–Crippen MR) is 124 cm³/mol. The first-order chi connectivity index (χ1) is 16.5. The molecule has 3 aromatic heterocycles. The lowest BCUT2D eigenvalue weighted by Gasteiger charge is -2.27. The molecule has 1 aromatic carbocycles. The molecule has 6 rings (SSSR count). The summed E-state index contributed by atoms with van der Waals surface area (Å²) in [5.41, 5.74) is 4.06. The lowest BCUT2D eigenvalue weighted by atomic mass is 10.0. The van der Waals surface area contributed by atoms with Gasteiger partial charge < -0.3 is 23.3 Å². The fraction of sp³-hybridized carbons (Fsp3) is 0.346. The molecule has 1 fully saturated rings. The van der Waals surface area contributed by atoms with Gasteiger partial charge in [-0.25, -0.2) is 4.98 Å². The van der Waals surface area contributed by atoms with Crippen molar-refractivity contribution in [3.63, 3.8) is 0 Å². The van der Waals surface area contributed by atoms with Crippen LogP contribution in [0.4, 0.5) is 0 Å². The first-order valence-electron chi connectivity index (χ1n) is 11.5. The Morgan fingerprint density at radius 1 is 1.06 bits per heavy atom. The van der Waals surface area contributed by atoms with Crippen LogP contribution in [-0.2, 0) is 0 Å². The Morgan fingerprint density at radius 3 is 2.68 bits per heavy atom. The Hall–Kier alpha value is -3.81. The van der Waals surface area contributed by atoms with Crippen molar-refractivity contribution in [2.75, 3.05) is 19.8 Å². The van der Waals surface area contributed by atoms with Gasteiger partial charge in [0.2, 0.25) is 0 Å². The number of hydrogen-bond donors (Lipinski definition) is 0. The van der Waals surface area contributed by atoms with Crippen molar-refractivity contribution < 1.29 is 23.2 Å². The highest BCUT2D eigenvalue weighted by Crippen LogP contribution is 2.40. The molecule has 0 aliphatic carbocycles. The van der Waals surface area contributed by atoms with Gasteiger partial charge in [0.1, 0.15) is 24.7 Å². The molecule has 0 spiro atoms. The van der Waals surface area contributed by atoms with E-state index >= 15 is 0 Å². The standard InChI is InChI=1S/C26H25N3O5/c1-14-11-18(16(3)33-14)20-13-19(24-15(2)28-34-25(24)27-20)26(30)29-8-4-5-21(29)17-6-7-22-23(12-17)32-10-9-31-22/h6-7,11-13,21H,4-5,8-10H2,1-3H3. The van der Waals surface area contributed by atoms with Crippen LogP contribution in [0.3, 0.4) is 0 Å². The molecule has 5 heterocycles. The van der Waals surface area contributed by atoms with Crippen LogP contribution >= 0.6 is 0 Å². The number of carbonyl (C=O) groups excluding carboxylic acids is 1. The maximum Gasteiger partial charge on any atom is 0.259 e. The minimum absolute atomic E-state index is 0.0481. The van der Waals surface area contributed by atoms with Crippen molar-refractivity contribution in [2.45, 2.75) is 39.7 Å². The van der Waals surface area contributed by atoms with E-state index in [1.165, 1.54) is 0 Å². The van der Waals surface area contributed by atoms with E-state index in [0.717, 1.165) is 47.0 Å². The van der Waals surface area contributed by atoms with Crippen molar-refractivity contribution in [2.24, 2.45) is 0 Å². The molecular formula is C26H25N3O5. The third-order valence-corrected chi connectivity index (χ3v) is 6.63. The molecule has 2 aliphatic heterocycles. The number of benzene rings is 1. The monoisotopic (exact) mass is 459 g/mol. The molecule has 4 aromatic rings. The van der Waals surface area contributed by atoms with Crippen LogP contribution in [0.5, 0.6) is 11.5 Å². The van der Waals surface area contributed by atoms with Crippen molar-refractivity contribution in [3.05, 3.63) is 58.7 Å². The van der Waals surface area contributed by atoms with E-state index in [-0.39, 0.29) is 11.9 Å². The number of fused-ring (bicyclic) bond motifs is 2. The summed E-state index contributed by atoms with van der Waals surface area (Å²) >= 11 is 0. The van der Waals surface area contributed by atoms with Gasteiger partial charge in [-0.3, -0.25) is 4.79 Å². The summed E-state index contributed by atoms with van der Waals surface area (Å²) in [6.07, 6.45) is 1.81. The number of likely N-dealkylation sites (tertiary alicyclic amines) is 1. The summed E-state index contributed by atoms with van der Waals surface area (Å²) in [5.74, 6) is 2.95. The molecular weight excluding hydrogens is 434 g/mol. The fourth-order valence-electron chi connectivity index (χ4n) is 5.06. The van der Waals surface area contributed by atoms with E-state index in [4.69, 9.17) is 18.4 Å². The smallest absolute Gasteiger partial charge is 0.259 e. The average Bonchev–Trinajstić information content (AvgIpc) is 3.56. The lowest BCUT2D eigenvalue weighted by molar-refractivity contribution is 0.0737. The maximum absolute atomic E-state index is 14.0. The number of aromatic nitrogens is 2. The average molecular weight is 460 g/mol. The number of pyridine rings is 1. The molecule has 1 atom stereocenters. The van der Waals surface area contributed by atoms with Crippen LogP contribution in [0.1, 0.15) is 52.0 Å². The highest BCUT2D eigenvalue weighted by Gasteiger charge is 2.33. The van der Waals surface area contributed by atoms with Crippen molar-refractivity contribution in [1.29, 1.82) is 0 Å². The topological polar surface area (TPSA) is 90.8 Å². The quantitative estimate of drug-likeness (QED) is 0.418. The second kappa shape index (κ2) is 7.90. The van der Waals surface area contributed by atoms with E-state index < -0.39 is 0 Å². The first kappa shape index (κ1) is 20.8. The second-order valence-electron chi connectivity index (χ2n) is 8.89. The highest BCUT2D eigenvalue weighted by molar-refractivity contribution is 6.07. The minimum atomic E-state index is -0.0600. The number of carbonyl (C=O) groups is 1. The van der Waals surface area contributed by atoms with Crippen LogP contribution in [0.25, 0.3) is 22.4 Å². The summed E-state index contributed by atoms with van der Waals surface area (Å²) in [6, 6.07) is 9.68. The van der Waals surface area contributed by atoms with Gasteiger partial charge in [-0.05, 0) is 63.4 Å². The largest absolute Gasteiger partial charge is 0.486 e. The number of nitrogens with zero attached hydrogens (tertiary/aromatic N) is 3. The highest BCUT2D eigenvalue weighted by atomic mass is 16.6. The van der Waals surface area contributed by atoms with Crippen LogP contribution in [0.2, 0.25) is 0 Å². The van der Waals surface area contributed by atoms with Crippen molar-refractivity contribution >= 4 is 17.0 Å². The Morgan fingerprint density at radius 2 is 1.88 bits per heavy atom. The molecule has 8 nitrogen and oxygen atoms in total. The van der Waals surface area contributed by atoms with Gasteiger partial charge in [0.25, 0.3) is 11.6 Å². The zero-order chi connectivity index (χ0) is 23.4. The molecule has 0 bridgehead atoms. The molecule has 34 heavy (non-hydrogen) atoms. The van der Waals surface area contributed by atoms with E-state index in [1.807, 2.05) is 56.0 Å². The Balaban J connectivity index is 1.42. The SMILES string of the molecule is Cc1cc(-c2cc(C(=O)N3CCCC3c3ccc4c(c3)OCCO4)c3c(C)noc3n2)c(C)o1. The summed E-state index contributed by atoms with van der Waals surface area (Å²) < 4.78 is 22.6. The molecule has 0 radical (unpaired) electrons. The van der Waals surface area contributed by atoms with Crippen molar-refractivity contribution in [3.8, 4) is 22.8 Å². The Kier molecular flexibility index (Phi) is 4.83. The van der Waals surface area contributed by atoms with Gasteiger partial charge in [0.15, 0.2) is 11.5 Å². The molecule has 2 aliphatic rings. The van der Waals surface area contributed by atoms with Gasteiger partial charge in [0.05, 0.1) is 28.4 Å². The number of aryl methyl sites for hydroxylation is 3. The minimum Gasteiger partial charge on any atom is -0.486 e. The van der Waals surface area contributed by atoms with Crippen LogP contribution in [-0.4, -0.2) is 40.7 Å². The Bertz CT molecular complexity index is 1420. The molecule has 174 valence electrons. The molecule has 0 N–H and O–H groups in total. The van der Waals surface area contributed by atoms with Crippen LogP contribution < -0.4 is 9.47 Å². The zero-order valence-electron chi connectivity index (χ0n) is 19.4. The van der Waals surface area contributed by atoms with Gasteiger partial charge >= 0.3 is 0 Å². The third kappa shape index (κ3) is 3.32. The fourth-order valence-corrected chi connectivity index (χ4v) is 5.06. The van der Waals surface area contributed by atoms with Crippen LogP contribution in [0, 0.1) is 20.8 Å². The second-order valence-corrected chi connectivity index (χ2v) is 8.89. The van der Waals surface area contributed by atoms with Crippen molar-refractivity contribution in [1.82, 2.24) is 15.0 Å². The van der Waals surface area contributed by atoms with Crippen LogP contribution in [0.15, 0.2) is 39.3 Å². The van der Waals surface area contributed by atoms with Gasteiger partial charge in [-0.2, -0.15) is 0 Å². The molecule has 0 saturated carbocycles. The molecule has 1 saturated heterocycles. The van der Waals surface area contributed by atoms with Gasteiger partial charge in [-0.15, -0.1) is 0 Å². The maximum atomic E-state index is 14.0. The van der Waals surface area contributed by atoms with E-state index in [9.17, 15) is 4.79 Å². The normalized spacial score (nSPS) is 17.5. The first-order valence-corrected chi connectivity index (χ1v) is 11.5. The number of amides is 1.